The largest absolute Gasteiger partial charge is 0.487 e. The number of pyridine rings is 1. The minimum atomic E-state index is -4.48. The van der Waals surface area contributed by atoms with Gasteiger partial charge in [0.25, 0.3) is 0 Å². The van der Waals surface area contributed by atoms with Gasteiger partial charge in [0.15, 0.2) is 0 Å². The Morgan fingerprint density at radius 1 is 1.15 bits per heavy atom. The lowest BCUT2D eigenvalue weighted by Crippen LogP contribution is -2.52. The van der Waals surface area contributed by atoms with Gasteiger partial charge in [-0.05, 0) is 60.6 Å². The molecule has 0 radical (unpaired) electrons. The fraction of sp³-hybridized carbons (Fsp3) is 0.538. The first kappa shape index (κ1) is 24.5. The molecule has 2 aromatic rings. The zero-order chi connectivity index (χ0) is 24.3. The molecule has 34 heavy (non-hydrogen) atoms. The first-order valence-electron chi connectivity index (χ1n) is 12.0. The first-order chi connectivity index (χ1) is 16.2. The molecule has 8 heteroatoms. The molecule has 0 atom stereocenters. The molecule has 5 nitrogen and oxygen atoms in total. The van der Waals surface area contributed by atoms with E-state index in [4.69, 9.17) is 4.74 Å². The summed E-state index contributed by atoms with van der Waals surface area (Å²) < 4.78 is 47.0. The van der Waals surface area contributed by atoms with Crippen molar-refractivity contribution in [2.45, 2.75) is 64.3 Å². The minimum Gasteiger partial charge on any atom is -0.487 e. The highest BCUT2D eigenvalue weighted by Crippen LogP contribution is 2.39. The molecule has 1 aromatic heterocycles. The van der Waals surface area contributed by atoms with Gasteiger partial charge < -0.3 is 10.1 Å². The summed E-state index contributed by atoms with van der Waals surface area (Å²) in [5, 5.41) is 2.68. The van der Waals surface area contributed by atoms with Gasteiger partial charge in [0.1, 0.15) is 18.1 Å². The van der Waals surface area contributed by atoms with Crippen LogP contribution in [0.25, 0.3) is 0 Å². The Bertz CT molecular complexity index is 1010. The van der Waals surface area contributed by atoms with Crippen LogP contribution in [0.15, 0.2) is 30.3 Å². The van der Waals surface area contributed by atoms with Gasteiger partial charge in [0.05, 0.1) is 11.6 Å². The average Bonchev–Trinajstić information content (AvgIpc) is 2.80. The molecule has 2 aliphatic rings. The van der Waals surface area contributed by atoms with E-state index in [0.29, 0.717) is 11.3 Å². The average molecular weight is 476 g/mol. The second-order valence-corrected chi connectivity index (χ2v) is 9.46. The number of hydrogen-bond donors (Lipinski definition) is 1. The van der Waals surface area contributed by atoms with Gasteiger partial charge in [0.2, 0.25) is 5.91 Å². The van der Waals surface area contributed by atoms with Crippen molar-refractivity contribution in [2.24, 2.45) is 5.92 Å². The van der Waals surface area contributed by atoms with Crippen LogP contribution in [-0.4, -0.2) is 35.9 Å². The Morgan fingerprint density at radius 2 is 1.88 bits per heavy atom. The molecule has 1 saturated heterocycles. The second kappa shape index (κ2) is 10.3. The zero-order valence-corrected chi connectivity index (χ0v) is 19.8. The van der Waals surface area contributed by atoms with Crippen LogP contribution in [0.2, 0.25) is 0 Å². The van der Waals surface area contributed by atoms with Gasteiger partial charge in [-0.15, -0.1) is 0 Å². The number of likely N-dealkylation sites (tertiary alicyclic amines) is 1. The lowest BCUT2D eigenvalue weighted by Gasteiger charge is -2.38. The van der Waals surface area contributed by atoms with E-state index in [1.54, 1.807) is 19.2 Å². The van der Waals surface area contributed by atoms with Crippen molar-refractivity contribution >= 4 is 5.91 Å². The number of aromatic nitrogens is 1. The van der Waals surface area contributed by atoms with Crippen molar-refractivity contribution in [3.05, 3.63) is 58.4 Å². The van der Waals surface area contributed by atoms with E-state index in [-0.39, 0.29) is 30.0 Å². The van der Waals surface area contributed by atoms with Crippen LogP contribution in [0.4, 0.5) is 13.2 Å². The summed E-state index contributed by atoms with van der Waals surface area (Å²) in [6.07, 6.45) is 0.119. The highest BCUT2D eigenvalue weighted by Gasteiger charge is 2.38. The summed E-state index contributed by atoms with van der Waals surface area (Å²) in [7, 11) is 1.65. The number of nitrogens with one attached hydrogen (secondary N) is 1. The topological polar surface area (TPSA) is 54.5 Å². The van der Waals surface area contributed by atoms with Crippen LogP contribution in [-0.2, 0) is 24.1 Å². The lowest BCUT2D eigenvalue weighted by atomic mass is 9.83. The molecule has 0 unspecified atom stereocenters. The summed E-state index contributed by atoms with van der Waals surface area (Å²) in [5.74, 6) is 0.651. The predicted molar refractivity (Wildman–Crippen MR) is 123 cm³/mol. The summed E-state index contributed by atoms with van der Waals surface area (Å²) in [5.41, 5.74) is 2.00. The number of carbonyl (C=O) groups is 1. The van der Waals surface area contributed by atoms with Crippen LogP contribution in [0.5, 0.6) is 5.75 Å². The Labute approximate surface area is 198 Å². The van der Waals surface area contributed by atoms with E-state index in [2.05, 4.69) is 15.2 Å². The Hall–Kier alpha value is -2.61. The maximum absolute atomic E-state index is 13.7. The first-order valence-corrected chi connectivity index (χ1v) is 12.0. The molecule has 1 aliphatic carbocycles. The lowest BCUT2D eigenvalue weighted by molar-refractivity contribution is -0.142. The summed E-state index contributed by atoms with van der Waals surface area (Å²) >= 11 is 0. The summed E-state index contributed by atoms with van der Waals surface area (Å²) in [6.45, 7) is 4.19. The van der Waals surface area contributed by atoms with E-state index >= 15 is 0 Å². The van der Waals surface area contributed by atoms with E-state index in [0.717, 1.165) is 62.9 Å². The third-order valence-electron chi connectivity index (χ3n) is 6.97. The molecule has 0 spiro atoms. The van der Waals surface area contributed by atoms with Crippen LogP contribution < -0.4 is 10.1 Å². The predicted octanol–water partition coefficient (Wildman–Crippen LogP) is 5.21. The van der Waals surface area contributed by atoms with Crippen LogP contribution >= 0.6 is 0 Å². The van der Waals surface area contributed by atoms with Gasteiger partial charge in [-0.3, -0.25) is 9.69 Å². The molecular weight excluding hydrogens is 443 g/mol. The van der Waals surface area contributed by atoms with Gasteiger partial charge in [-0.25, -0.2) is 4.98 Å². The molecule has 1 aliphatic heterocycles. The van der Waals surface area contributed by atoms with E-state index in [9.17, 15) is 18.0 Å². The third kappa shape index (κ3) is 5.71. The van der Waals surface area contributed by atoms with E-state index < -0.39 is 11.9 Å². The second-order valence-electron chi connectivity index (χ2n) is 9.46. The zero-order valence-electron chi connectivity index (χ0n) is 19.8. The van der Waals surface area contributed by atoms with E-state index in [1.165, 1.54) is 0 Å². The smallest absolute Gasteiger partial charge is 0.433 e. The Kier molecular flexibility index (Phi) is 7.45. The number of alkyl halides is 3. The highest BCUT2D eigenvalue weighted by atomic mass is 19.4. The van der Waals surface area contributed by atoms with Gasteiger partial charge in [0, 0.05) is 26.7 Å². The molecule has 184 valence electrons. The number of hydrogen-bond acceptors (Lipinski definition) is 4. The highest BCUT2D eigenvalue weighted by molar-refractivity contribution is 5.79. The Morgan fingerprint density at radius 3 is 2.53 bits per heavy atom. The molecule has 1 aromatic carbocycles. The quantitative estimate of drug-likeness (QED) is 0.597. The fourth-order valence-electron chi connectivity index (χ4n) is 4.96. The molecule has 1 amide bonds. The third-order valence-corrected chi connectivity index (χ3v) is 6.97. The summed E-state index contributed by atoms with van der Waals surface area (Å²) in [4.78, 5) is 17.8. The van der Waals surface area contributed by atoms with E-state index in [1.807, 2.05) is 25.1 Å². The van der Waals surface area contributed by atoms with Gasteiger partial charge in [-0.2, -0.15) is 13.2 Å². The molecule has 0 bridgehead atoms. The standard InChI is InChI=1S/C26H32F3N3O2/c1-17-12-22(10-8-19(17)13-32-14-20(15-32)25(33)30-2)34-16-21-9-11-23(18-6-4-3-5-7-18)24(31-21)26(27,28)29/h8-12,18,20H,3-7,13-16H2,1-2H3,(H,30,33). The number of carbonyl (C=O) groups excluding carboxylic acids is 1. The number of ether oxygens (including phenoxy) is 1. The monoisotopic (exact) mass is 475 g/mol. The normalized spacial score (nSPS) is 17.9. The van der Waals surface area contributed by atoms with Crippen molar-refractivity contribution in [1.29, 1.82) is 0 Å². The molecular formula is C26H32F3N3O2. The minimum absolute atomic E-state index is 0.0211. The van der Waals surface area contributed by atoms with Crippen molar-refractivity contribution in [3.63, 3.8) is 0 Å². The fourth-order valence-corrected chi connectivity index (χ4v) is 4.96. The van der Waals surface area contributed by atoms with Crippen LogP contribution in [0, 0.1) is 12.8 Å². The number of nitrogens with zero attached hydrogens (tertiary/aromatic N) is 2. The maximum Gasteiger partial charge on any atom is 0.433 e. The van der Waals surface area contributed by atoms with Gasteiger partial charge in [-0.1, -0.05) is 31.4 Å². The van der Waals surface area contributed by atoms with Crippen molar-refractivity contribution < 1.29 is 22.7 Å². The number of halogens is 3. The van der Waals surface area contributed by atoms with Crippen molar-refractivity contribution in [1.82, 2.24) is 15.2 Å². The molecule has 1 N–H and O–H groups in total. The Balaban J connectivity index is 1.38. The van der Waals surface area contributed by atoms with Crippen molar-refractivity contribution in [3.8, 4) is 5.75 Å². The molecule has 1 saturated carbocycles. The molecule has 2 fully saturated rings. The SMILES string of the molecule is CNC(=O)C1CN(Cc2ccc(OCc3ccc(C4CCCCC4)c(C(F)(F)F)n3)cc2C)C1. The molecule has 4 rings (SSSR count). The van der Waals surface area contributed by atoms with Gasteiger partial charge >= 0.3 is 6.18 Å². The molecule has 2 heterocycles. The van der Waals surface area contributed by atoms with Crippen molar-refractivity contribution in [2.75, 3.05) is 20.1 Å². The van der Waals surface area contributed by atoms with Crippen LogP contribution in [0.1, 0.15) is 66.1 Å². The van der Waals surface area contributed by atoms with Crippen LogP contribution in [0.3, 0.4) is 0 Å². The maximum atomic E-state index is 13.7. The number of benzene rings is 1. The number of amides is 1. The summed E-state index contributed by atoms with van der Waals surface area (Å²) in [6, 6.07) is 8.95. The number of aryl methyl sites for hydroxylation is 1. The number of rotatable bonds is 7.